The second kappa shape index (κ2) is 2.60. The molecule has 3 aliphatic carbocycles. The van der Waals surface area contributed by atoms with Gasteiger partial charge in [0.1, 0.15) is 0 Å². The van der Waals surface area contributed by atoms with Crippen molar-refractivity contribution in [2.24, 2.45) is 35.3 Å². The Labute approximate surface area is 80.4 Å². The van der Waals surface area contributed by atoms with Gasteiger partial charge < -0.3 is 5.73 Å². The summed E-state index contributed by atoms with van der Waals surface area (Å²) in [5.41, 5.74) is 6.12. The zero-order valence-corrected chi connectivity index (χ0v) is 8.32. The molecule has 0 aromatic carbocycles. The second-order valence-electron chi connectivity index (χ2n) is 5.32. The molecule has 2 bridgehead atoms. The Bertz CT molecular complexity index is 246. The molecule has 13 heavy (non-hydrogen) atoms. The molecular weight excluding hydrogens is 158 g/mol. The molecule has 1 heteroatoms. The van der Waals surface area contributed by atoms with Gasteiger partial charge in [-0.15, -0.1) is 0 Å². The van der Waals surface area contributed by atoms with Gasteiger partial charge in [-0.3, -0.25) is 0 Å². The second-order valence-corrected chi connectivity index (χ2v) is 5.32. The molecule has 2 fully saturated rings. The Morgan fingerprint density at radius 2 is 2.08 bits per heavy atom. The maximum absolute atomic E-state index is 6.12. The van der Waals surface area contributed by atoms with Crippen LogP contribution in [0.4, 0.5) is 0 Å². The van der Waals surface area contributed by atoms with E-state index >= 15 is 0 Å². The van der Waals surface area contributed by atoms with Crippen molar-refractivity contribution in [1.82, 2.24) is 0 Å². The molecule has 0 aromatic rings. The Morgan fingerprint density at radius 1 is 1.23 bits per heavy atom. The lowest BCUT2D eigenvalue weighted by Crippen LogP contribution is -2.35. The molecule has 0 aromatic heterocycles. The van der Waals surface area contributed by atoms with Crippen LogP contribution in [0.15, 0.2) is 12.2 Å². The summed E-state index contributed by atoms with van der Waals surface area (Å²) in [5.74, 6) is 4.47. The Balaban J connectivity index is 1.80. The van der Waals surface area contributed by atoms with E-state index in [0.29, 0.717) is 6.04 Å². The number of fused-ring (bicyclic) bond motifs is 2. The average molecular weight is 177 g/mol. The monoisotopic (exact) mass is 177 g/mol. The lowest BCUT2D eigenvalue weighted by atomic mass is 9.64. The van der Waals surface area contributed by atoms with Gasteiger partial charge in [0, 0.05) is 6.04 Å². The minimum absolute atomic E-state index is 0.479. The van der Waals surface area contributed by atoms with Crippen LogP contribution >= 0.6 is 0 Å². The molecule has 3 aliphatic rings. The van der Waals surface area contributed by atoms with Gasteiger partial charge in [0.05, 0.1) is 0 Å². The minimum atomic E-state index is 0.479. The summed E-state index contributed by atoms with van der Waals surface area (Å²) >= 11 is 0. The molecule has 3 unspecified atom stereocenters. The van der Waals surface area contributed by atoms with Crippen LogP contribution < -0.4 is 5.73 Å². The fourth-order valence-corrected chi connectivity index (χ4v) is 3.82. The topological polar surface area (TPSA) is 26.0 Å². The number of hydrogen-bond donors (Lipinski definition) is 1. The van der Waals surface area contributed by atoms with Crippen molar-refractivity contribution >= 4 is 0 Å². The van der Waals surface area contributed by atoms with Crippen LogP contribution in [0.5, 0.6) is 0 Å². The Kier molecular flexibility index (Phi) is 1.61. The molecule has 3 rings (SSSR count). The summed E-state index contributed by atoms with van der Waals surface area (Å²) in [6.45, 7) is 2.41. The first-order valence-corrected chi connectivity index (χ1v) is 5.71. The van der Waals surface area contributed by atoms with E-state index in [2.05, 4.69) is 19.1 Å². The van der Waals surface area contributed by atoms with Crippen molar-refractivity contribution in [1.29, 1.82) is 0 Å². The molecule has 6 atom stereocenters. The normalized spacial score (nSPS) is 58.3. The van der Waals surface area contributed by atoms with Gasteiger partial charge in [0.25, 0.3) is 0 Å². The zero-order chi connectivity index (χ0) is 9.00. The number of rotatable bonds is 1. The first-order valence-electron chi connectivity index (χ1n) is 5.71. The van der Waals surface area contributed by atoms with Crippen molar-refractivity contribution in [2.45, 2.75) is 32.2 Å². The van der Waals surface area contributed by atoms with Crippen LogP contribution in [0.2, 0.25) is 0 Å². The van der Waals surface area contributed by atoms with Crippen LogP contribution in [0, 0.1) is 29.6 Å². The van der Waals surface area contributed by atoms with Gasteiger partial charge in [0.2, 0.25) is 0 Å². The Morgan fingerprint density at radius 3 is 2.46 bits per heavy atom. The number of hydrogen-bond acceptors (Lipinski definition) is 1. The lowest BCUT2D eigenvalue weighted by Gasteiger charge is -2.41. The van der Waals surface area contributed by atoms with Crippen molar-refractivity contribution in [2.75, 3.05) is 0 Å². The highest BCUT2D eigenvalue weighted by Crippen LogP contribution is 2.54. The van der Waals surface area contributed by atoms with E-state index < -0.39 is 0 Å². The molecule has 0 aliphatic heterocycles. The fraction of sp³-hybridized carbons (Fsp3) is 0.833. The van der Waals surface area contributed by atoms with E-state index in [-0.39, 0.29) is 0 Å². The lowest BCUT2D eigenvalue weighted by molar-refractivity contribution is 0.0936. The predicted octanol–water partition coefficient (Wildman–Crippen LogP) is 2.18. The predicted molar refractivity (Wildman–Crippen MR) is 54.1 cm³/mol. The summed E-state index contributed by atoms with van der Waals surface area (Å²) in [6, 6.07) is 0.479. The quantitative estimate of drug-likeness (QED) is 0.610. The van der Waals surface area contributed by atoms with Crippen LogP contribution in [-0.2, 0) is 0 Å². The van der Waals surface area contributed by atoms with E-state index in [9.17, 15) is 0 Å². The summed E-state index contributed by atoms with van der Waals surface area (Å²) < 4.78 is 0. The van der Waals surface area contributed by atoms with Gasteiger partial charge in [-0.2, -0.15) is 0 Å². The summed E-state index contributed by atoms with van der Waals surface area (Å²) in [4.78, 5) is 0. The third-order valence-electron chi connectivity index (χ3n) is 4.74. The van der Waals surface area contributed by atoms with Gasteiger partial charge in [-0.05, 0) is 42.4 Å². The summed E-state index contributed by atoms with van der Waals surface area (Å²) in [6.07, 6.45) is 9.01. The van der Waals surface area contributed by atoms with Crippen LogP contribution in [0.3, 0.4) is 0 Å². The minimum Gasteiger partial charge on any atom is -0.327 e. The van der Waals surface area contributed by atoms with E-state index in [1.165, 1.54) is 19.3 Å². The molecule has 0 heterocycles. The van der Waals surface area contributed by atoms with Gasteiger partial charge in [-0.1, -0.05) is 25.5 Å². The Hall–Kier alpha value is -0.300. The van der Waals surface area contributed by atoms with Gasteiger partial charge in [0.15, 0.2) is 0 Å². The molecular formula is C12H19N. The summed E-state index contributed by atoms with van der Waals surface area (Å²) in [5, 5.41) is 0. The third-order valence-corrected chi connectivity index (χ3v) is 4.74. The molecule has 0 spiro atoms. The van der Waals surface area contributed by atoms with Crippen LogP contribution in [0.25, 0.3) is 0 Å². The number of nitrogens with two attached hydrogens (primary N) is 1. The third kappa shape index (κ3) is 0.969. The first kappa shape index (κ1) is 8.05. The van der Waals surface area contributed by atoms with Crippen molar-refractivity contribution < 1.29 is 0 Å². The highest BCUT2D eigenvalue weighted by atomic mass is 14.7. The SMILES string of the molecule is C[C@@H]1CCC1C1C2C=C[C@@H]1C[C@@H]2N. The van der Waals surface area contributed by atoms with E-state index in [1.54, 1.807) is 0 Å². The van der Waals surface area contributed by atoms with E-state index in [1.807, 2.05) is 0 Å². The molecule has 72 valence electrons. The van der Waals surface area contributed by atoms with Gasteiger partial charge in [-0.25, -0.2) is 0 Å². The van der Waals surface area contributed by atoms with Gasteiger partial charge >= 0.3 is 0 Å². The molecule has 0 radical (unpaired) electrons. The maximum Gasteiger partial charge on any atom is 0.0111 e. The van der Waals surface area contributed by atoms with E-state index in [0.717, 1.165) is 29.6 Å². The highest BCUT2D eigenvalue weighted by Gasteiger charge is 2.49. The van der Waals surface area contributed by atoms with Crippen molar-refractivity contribution in [3.05, 3.63) is 12.2 Å². The average Bonchev–Trinajstić information content (AvgIpc) is 2.59. The maximum atomic E-state index is 6.12. The first-order chi connectivity index (χ1) is 6.27. The number of allylic oxidation sites excluding steroid dienone is 1. The standard InChI is InChI=1S/C12H19N/c1-7-2-4-9(7)12-8-3-5-10(12)11(13)6-8/h3,5,7-12H,2,4,6,13H2,1H3/t7-,8-,9?,10?,11+,12?/m1/s1. The zero-order valence-electron chi connectivity index (χ0n) is 8.32. The fourth-order valence-electron chi connectivity index (χ4n) is 3.82. The summed E-state index contributed by atoms with van der Waals surface area (Å²) in [7, 11) is 0. The molecule has 1 nitrogen and oxygen atoms in total. The molecule has 0 saturated heterocycles. The van der Waals surface area contributed by atoms with Crippen molar-refractivity contribution in [3.8, 4) is 0 Å². The van der Waals surface area contributed by atoms with E-state index in [4.69, 9.17) is 5.73 Å². The molecule has 2 N–H and O–H groups in total. The molecule has 2 saturated carbocycles. The molecule has 0 amide bonds. The van der Waals surface area contributed by atoms with Crippen LogP contribution in [-0.4, -0.2) is 6.04 Å². The van der Waals surface area contributed by atoms with Crippen LogP contribution in [0.1, 0.15) is 26.2 Å². The largest absolute Gasteiger partial charge is 0.327 e. The highest BCUT2D eigenvalue weighted by molar-refractivity contribution is 5.18. The smallest absolute Gasteiger partial charge is 0.0111 e. The van der Waals surface area contributed by atoms with Crippen molar-refractivity contribution in [3.63, 3.8) is 0 Å².